The van der Waals surface area contributed by atoms with Crippen LogP contribution in [0.2, 0.25) is 0 Å². The second kappa shape index (κ2) is 7.65. The van der Waals surface area contributed by atoms with Gasteiger partial charge in [0.2, 0.25) is 0 Å². The van der Waals surface area contributed by atoms with Gasteiger partial charge in [-0.1, -0.05) is 12.2 Å². The number of hydrogen-bond acceptors (Lipinski definition) is 6. The number of nitrogen functional groups attached to an aromatic ring is 1. The third kappa shape index (κ3) is 5.25. The van der Waals surface area contributed by atoms with Crippen molar-refractivity contribution in [3.63, 3.8) is 0 Å². The van der Waals surface area contributed by atoms with Crippen molar-refractivity contribution in [2.45, 2.75) is 24.9 Å². The molecule has 1 aromatic rings. The lowest BCUT2D eigenvalue weighted by Crippen LogP contribution is -2.28. The van der Waals surface area contributed by atoms with Crippen molar-refractivity contribution in [3.05, 3.63) is 60.3 Å². The summed E-state index contributed by atoms with van der Waals surface area (Å²) in [5.74, 6) is 0. The van der Waals surface area contributed by atoms with E-state index in [1.807, 2.05) is 18.2 Å². The first kappa shape index (κ1) is 16.1. The number of nitrogens with one attached hydrogen (secondary N) is 2. The van der Waals surface area contributed by atoms with Crippen molar-refractivity contribution in [2.75, 3.05) is 11.1 Å². The number of hydrogen-bond donors (Lipinski definition) is 6. The van der Waals surface area contributed by atoms with E-state index in [-0.39, 0.29) is 6.04 Å². The van der Waals surface area contributed by atoms with Crippen LogP contribution in [0.15, 0.2) is 60.3 Å². The molecule has 0 amide bonds. The van der Waals surface area contributed by atoms with Gasteiger partial charge < -0.3 is 32.3 Å². The second-order valence-corrected chi connectivity index (χ2v) is 5.10. The van der Waals surface area contributed by atoms with Crippen molar-refractivity contribution in [3.8, 4) is 0 Å². The van der Waals surface area contributed by atoms with Gasteiger partial charge in [0.05, 0.1) is 0 Å². The predicted octanol–water partition coefficient (Wildman–Crippen LogP) is 0.634. The Hall–Kier alpha value is -2.28. The molecule has 118 valence electrons. The molecule has 8 N–H and O–H groups in total. The molecule has 1 aliphatic carbocycles. The lowest BCUT2D eigenvalue weighted by Gasteiger charge is -2.17. The summed E-state index contributed by atoms with van der Waals surface area (Å²) in [6.45, 7) is 0. The molecular formula is C16H22N4O2. The fraction of sp³-hybridized carbons (Fsp3) is 0.250. The van der Waals surface area contributed by atoms with Crippen LogP contribution in [-0.2, 0) is 0 Å². The summed E-state index contributed by atoms with van der Waals surface area (Å²) in [5, 5.41) is 25.5. The van der Waals surface area contributed by atoms with Crippen LogP contribution in [0.4, 0.5) is 11.4 Å². The SMILES string of the molecule is Nc1ccc(NC(O)/C=C\C(O)NC2=CCC(N)C=C2)cc1. The molecule has 3 unspecified atom stereocenters. The zero-order valence-corrected chi connectivity index (χ0v) is 12.2. The Bertz CT molecular complexity index is 566. The molecule has 0 radical (unpaired) electrons. The fourth-order valence-electron chi connectivity index (χ4n) is 1.97. The highest BCUT2D eigenvalue weighted by Crippen LogP contribution is 2.11. The van der Waals surface area contributed by atoms with E-state index >= 15 is 0 Å². The van der Waals surface area contributed by atoms with Crippen molar-refractivity contribution in [1.29, 1.82) is 0 Å². The molecule has 0 saturated carbocycles. The van der Waals surface area contributed by atoms with E-state index in [0.717, 1.165) is 17.8 Å². The first-order chi connectivity index (χ1) is 10.5. The van der Waals surface area contributed by atoms with Gasteiger partial charge in [0.1, 0.15) is 12.5 Å². The number of anilines is 2. The van der Waals surface area contributed by atoms with Gasteiger partial charge in [0, 0.05) is 23.1 Å². The van der Waals surface area contributed by atoms with E-state index in [1.54, 1.807) is 24.3 Å². The minimum atomic E-state index is -0.913. The molecule has 0 spiro atoms. The summed E-state index contributed by atoms with van der Waals surface area (Å²) in [4.78, 5) is 0. The molecule has 3 atom stereocenters. The monoisotopic (exact) mass is 302 g/mol. The van der Waals surface area contributed by atoms with E-state index in [0.29, 0.717) is 5.69 Å². The molecule has 6 heteroatoms. The van der Waals surface area contributed by atoms with E-state index in [9.17, 15) is 10.2 Å². The van der Waals surface area contributed by atoms with Crippen LogP contribution in [0.1, 0.15) is 6.42 Å². The minimum Gasteiger partial charge on any atom is -0.399 e. The molecule has 0 bridgehead atoms. The first-order valence-electron chi connectivity index (χ1n) is 7.10. The zero-order chi connectivity index (χ0) is 15.9. The Morgan fingerprint density at radius 1 is 1.09 bits per heavy atom. The molecule has 22 heavy (non-hydrogen) atoms. The molecule has 0 aromatic heterocycles. The smallest absolute Gasteiger partial charge is 0.143 e. The van der Waals surface area contributed by atoms with Crippen molar-refractivity contribution in [2.24, 2.45) is 5.73 Å². The summed E-state index contributed by atoms with van der Waals surface area (Å²) >= 11 is 0. The van der Waals surface area contributed by atoms with Crippen LogP contribution in [-0.4, -0.2) is 28.7 Å². The number of allylic oxidation sites excluding steroid dienone is 1. The van der Waals surface area contributed by atoms with Crippen LogP contribution in [0, 0.1) is 0 Å². The number of aliphatic hydroxyl groups excluding tert-OH is 2. The van der Waals surface area contributed by atoms with Crippen LogP contribution in [0.25, 0.3) is 0 Å². The highest BCUT2D eigenvalue weighted by Gasteiger charge is 2.06. The Balaban J connectivity index is 1.80. The van der Waals surface area contributed by atoms with E-state index in [2.05, 4.69) is 10.6 Å². The van der Waals surface area contributed by atoms with Gasteiger partial charge in [-0.25, -0.2) is 0 Å². The van der Waals surface area contributed by atoms with Crippen LogP contribution >= 0.6 is 0 Å². The average Bonchev–Trinajstić information content (AvgIpc) is 2.50. The van der Waals surface area contributed by atoms with E-state index < -0.39 is 12.5 Å². The number of nitrogens with two attached hydrogens (primary N) is 2. The Morgan fingerprint density at radius 2 is 1.73 bits per heavy atom. The van der Waals surface area contributed by atoms with Crippen molar-refractivity contribution >= 4 is 11.4 Å². The maximum Gasteiger partial charge on any atom is 0.143 e. The van der Waals surface area contributed by atoms with E-state index in [4.69, 9.17) is 11.5 Å². The largest absolute Gasteiger partial charge is 0.399 e. The molecular weight excluding hydrogens is 280 g/mol. The molecule has 1 aliphatic rings. The quantitative estimate of drug-likeness (QED) is 0.261. The fourth-order valence-corrected chi connectivity index (χ4v) is 1.97. The normalized spacial score (nSPS) is 20.5. The maximum atomic E-state index is 9.86. The first-order valence-corrected chi connectivity index (χ1v) is 7.10. The van der Waals surface area contributed by atoms with Gasteiger partial charge in [-0.05, 0) is 48.9 Å². The molecule has 0 aliphatic heterocycles. The number of rotatable bonds is 6. The van der Waals surface area contributed by atoms with Crippen LogP contribution in [0.3, 0.4) is 0 Å². The van der Waals surface area contributed by atoms with Gasteiger partial charge in [-0.2, -0.15) is 0 Å². The van der Waals surface area contributed by atoms with Gasteiger partial charge >= 0.3 is 0 Å². The van der Waals surface area contributed by atoms with Gasteiger partial charge in [0.15, 0.2) is 0 Å². The van der Waals surface area contributed by atoms with Gasteiger partial charge in [-0.15, -0.1) is 0 Å². The lowest BCUT2D eigenvalue weighted by molar-refractivity contribution is 0.194. The molecule has 2 rings (SSSR count). The van der Waals surface area contributed by atoms with Crippen LogP contribution in [0.5, 0.6) is 0 Å². The summed E-state index contributed by atoms with van der Waals surface area (Å²) in [7, 11) is 0. The summed E-state index contributed by atoms with van der Waals surface area (Å²) in [6.07, 6.45) is 7.48. The standard InChI is InChI=1S/C16H22N4O2/c17-11-1-5-13(6-2-11)19-15(21)9-10-16(22)20-14-7-3-12(18)4-8-14/h1-3,5-10,12,15-16,19-22H,4,17-18H2/b10-9-. The molecule has 1 aromatic carbocycles. The molecule has 6 nitrogen and oxygen atoms in total. The van der Waals surface area contributed by atoms with Crippen molar-refractivity contribution < 1.29 is 10.2 Å². The minimum absolute atomic E-state index is 0.0316. The topological polar surface area (TPSA) is 117 Å². The Kier molecular flexibility index (Phi) is 5.60. The summed E-state index contributed by atoms with van der Waals surface area (Å²) in [6, 6.07) is 7.04. The third-order valence-corrected chi connectivity index (χ3v) is 3.15. The highest BCUT2D eigenvalue weighted by atomic mass is 16.3. The van der Waals surface area contributed by atoms with Crippen LogP contribution < -0.4 is 22.1 Å². The summed E-state index contributed by atoms with van der Waals surface area (Å²) in [5.41, 5.74) is 13.5. The third-order valence-electron chi connectivity index (χ3n) is 3.15. The van der Waals surface area contributed by atoms with Gasteiger partial charge in [-0.3, -0.25) is 0 Å². The Morgan fingerprint density at radius 3 is 2.32 bits per heavy atom. The maximum absolute atomic E-state index is 9.86. The zero-order valence-electron chi connectivity index (χ0n) is 12.2. The second-order valence-electron chi connectivity index (χ2n) is 5.10. The Labute approximate surface area is 129 Å². The molecule has 0 fully saturated rings. The predicted molar refractivity (Wildman–Crippen MR) is 88.6 cm³/mol. The average molecular weight is 302 g/mol. The highest BCUT2D eigenvalue weighted by molar-refractivity contribution is 5.51. The molecule has 0 heterocycles. The summed E-state index contributed by atoms with van der Waals surface area (Å²) < 4.78 is 0. The number of aliphatic hydroxyl groups is 2. The van der Waals surface area contributed by atoms with E-state index in [1.165, 1.54) is 12.2 Å². The lowest BCUT2D eigenvalue weighted by atomic mass is 10.1. The van der Waals surface area contributed by atoms with Crippen molar-refractivity contribution in [1.82, 2.24) is 5.32 Å². The number of benzene rings is 1. The molecule has 0 saturated heterocycles. The van der Waals surface area contributed by atoms with Gasteiger partial charge in [0.25, 0.3) is 0 Å².